The van der Waals surface area contributed by atoms with Crippen LogP contribution in [0.3, 0.4) is 0 Å². The summed E-state index contributed by atoms with van der Waals surface area (Å²) in [6, 6.07) is 7.87. The largest absolute Gasteiger partial charge is 0.377 e. The van der Waals surface area contributed by atoms with Gasteiger partial charge in [0, 0.05) is 30.5 Å². The van der Waals surface area contributed by atoms with Crippen LogP contribution in [0, 0.1) is 0 Å². The summed E-state index contributed by atoms with van der Waals surface area (Å²) in [6.07, 6.45) is 3.41. The summed E-state index contributed by atoms with van der Waals surface area (Å²) in [7, 11) is 0. The van der Waals surface area contributed by atoms with Crippen LogP contribution in [0.5, 0.6) is 0 Å². The molecule has 0 radical (unpaired) electrons. The van der Waals surface area contributed by atoms with E-state index in [4.69, 9.17) is 4.74 Å². The van der Waals surface area contributed by atoms with E-state index in [1.807, 2.05) is 18.2 Å². The summed E-state index contributed by atoms with van der Waals surface area (Å²) in [5.74, 6) is -2.12. The van der Waals surface area contributed by atoms with E-state index in [1.165, 1.54) is 0 Å². The van der Waals surface area contributed by atoms with Crippen LogP contribution in [-0.2, 0) is 25.7 Å². The van der Waals surface area contributed by atoms with Gasteiger partial charge in [-0.15, -0.1) is 0 Å². The highest BCUT2D eigenvalue weighted by Crippen LogP contribution is 2.34. The van der Waals surface area contributed by atoms with Crippen LogP contribution in [0.2, 0.25) is 0 Å². The summed E-state index contributed by atoms with van der Waals surface area (Å²) in [4.78, 5) is 62.0. The number of carbonyl (C=O) groups is 5. The molecule has 4 rings (SSSR count). The molecular formula is C24H25N3O6. The number of hydrogen-bond donors (Lipinski definition) is 2. The Morgan fingerprint density at radius 1 is 1.06 bits per heavy atom. The minimum absolute atomic E-state index is 0.0671. The molecule has 2 aromatic carbocycles. The van der Waals surface area contributed by atoms with E-state index in [-0.39, 0.29) is 19.4 Å². The Morgan fingerprint density at radius 3 is 2.70 bits per heavy atom. The molecule has 0 aromatic heterocycles. The summed E-state index contributed by atoms with van der Waals surface area (Å²) in [5, 5.41) is 6.17. The highest BCUT2D eigenvalue weighted by molar-refractivity contribution is 6.27. The Balaban J connectivity index is 1.57. The third kappa shape index (κ3) is 4.49. The van der Waals surface area contributed by atoms with Crippen molar-refractivity contribution in [3.63, 3.8) is 0 Å². The first-order valence-electron chi connectivity index (χ1n) is 11.0. The van der Waals surface area contributed by atoms with Crippen LogP contribution in [0.15, 0.2) is 30.3 Å². The Labute approximate surface area is 190 Å². The zero-order valence-corrected chi connectivity index (χ0v) is 18.1. The third-order valence-corrected chi connectivity index (χ3v) is 5.99. The van der Waals surface area contributed by atoms with Crippen LogP contribution >= 0.6 is 0 Å². The smallest absolute Gasteiger partial charge is 0.262 e. The first kappa shape index (κ1) is 22.6. The molecule has 0 spiro atoms. The molecule has 1 atom stereocenters. The molecule has 2 aliphatic heterocycles. The zero-order chi connectivity index (χ0) is 23.4. The fraction of sp³-hybridized carbons (Fsp3) is 0.375. The van der Waals surface area contributed by atoms with Crippen molar-refractivity contribution in [1.82, 2.24) is 15.5 Å². The van der Waals surface area contributed by atoms with Gasteiger partial charge in [-0.25, -0.2) is 0 Å². The van der Waals surface area contributed by atoms with E-state index in [0.717, 1.165) is 29.5 Å². The topological polar surface area (TPSA) is 122 Å². The van der Waals surface area contributed by atoms with Gasteiger partial charge in [0.25, 0.3) is 11.8 Å². The van der Waals surface area contributed by atoms with Crippen LogP contribution < -0.4 is 10.6 Å². The number of ether oxygens (including phenoxy) is 1. The first-order chi connectivity index (χ1) is 16.0. The molecule has 0 saturated carbocycles. The molecule has 0 aliphatic carbocycles. The molecule has 172 valence electrons. The van der Waals surface area contributed by atoms with Gasteiger partial charge in [0.15, 0.2) is 0 Å². The van der Waals surface area contributed by atoms with Gasteiger partial charge in [0.1, 0.15) is 6.04 Å². The van der Waals surface area contributed by atoms with Crippen LogP contribution in [-0.4, -0.2) is 54.1 Å². The fourth-order valence-electron chi connectivity index (χ4n) is 4.37. The highest BCUT2D eigenvalue weighted by atomic mass is 16.5. The van der Waals surface area contributed by atoms with Crippen LogP contribution in [0.25, 0.3) is 10.8 Å². The lowest BCUT2D eigenvalue weighted by atomic mass is 9.89. The van der Waals surface area contributed by atoms with E-state index < -0.39 is 29.7 Å². The number of piperidine rings is 1. The Bertz CT molecular complexity index is 1130. The summed E-state index contributed by atoms with van der Waals surface area (Å²) >= 11 is 0. The Kier molecular flexibility index (Phi) is 6.79. The van der Waals surface area contributed by atoms with Crippen LogP contribution in [0.4, 0.5) is 0 Å². The van der Waals surface area contributed by atoms with Crippen molar-refractivity contribution in [1.29, 1.82) is 0 Å². The monoisotopic (exact) mass is 451 g/mol. The van der Waals surface area contributed by atoms with Gasteiger partial charge in [-0.1, -0.05) is 24.3 Å². The van der Waals surface area contributed by atoms with Gasteiger partial charge in [-0.2, -0.15) is 0 Å². The van der Waals surface area contributed by atoms with Crippen molar-refractivity contribution in [3.05, 3.63) is 47.0 Å². The molecule has 1 saturated heterocycles. The molecule has 1 fully saturated rings. The first-order valence-corrected chi connectivity index (χ1v) is 11.0. The average Bonchev–Trinajstić information content (AvgIpc) is 2.80. The molecule has 2 aromatic rings. The molecule has 9 nitrogen and oxygen atoms in total. The molecule has 1 unspecified atom stereocenters. The van der Waals surface area contributed by atoms with Crippen molar-refractivity contribution in [2.75, 3.05) is 13.2 Å². The molecule has 0 bridgehead atoms. The lowest BCUT2D eigenvalue weighted by molar-refractivity contribution is -0.136. The summed E-state index contributed by atoms with van der Waals surface area (Å²) in [6.45, 7) is 1.30. The Morgan fingerprint density at radius 2 is 1.91 bits per heavy atom. The van der Waals surface area contributed by atoms with Gasteiger partial charge in [-0.3, -0.25) is 34.2 Å². The second kappa shape index (κ2) is 9.91. The molecule has 9 heteroatoms. The van der Waals surface area contributed by atoms with E-state index in [0.29, 0.717) is 41.6 Å². The van der Waals surface area contributed by atoms with Gasteiger partial charge in [-0.05, 0) is 42.7 Å². The number of imide groups is 2. The maximum Gasteiger partial charge on any atom is 0.262 e. The van der Waals surface area contributed by atoms with E-state index >= 15 is 0 Å². The summed E-state index contributed by atoms with van der Waals surface area (Å²) in [5.41, 5.74) is 1.37. The van der Waals surface area contributed by atoms with Crippen molar-refractivity contribution < 1.29 is 28.7 Å². The number of nitrogens with zero attached hydrogens (tertiary/aromatic N) is 1. The normalized spacial score (nSPS) is 17.9. The van der Waals surface area contributed by atoms with Gasteiger partial charge in [0.05, 0.1) is 12.2 Å². The lowest BCUT2D eigenvalue weighted by Crippen LogP contribution is -2.57. The lowest BCUT2D eigenvalue weighted by Gasteiger charge is -2.35. The minimum atomic E-state index is -1.03. The molecule has 33 heavy (non-hydrogen) atoms. The zero-order valence-electron chi connectivity index (χ0n) is 18.1. The van der Waals surface area contributed by atoms with E-state index in [1.54, 1.807) is 12.1 Å². The van der Waals surface area contributed by atoms with Crippen molar-refractivity contribution in [2.45, 2.75) is 44.8 Å². The Hall–Kier alpha value is -3.59. The minimum Gasteiger partial charge on any atom is -0.377 e. The highest BCUT2D eigenvalue weighted by Gasteiger charge is 2.43. The molecule has 2 heterocycles. The fourth-order valence-corrected chi connectivity index (χ4v) is 4.37. The SMILES string of the molecule is O=CNCCCCCOCc1ccc2cccc3c2c1C(=O)N(C1CCC(=O)NC1=O)C3=O. The molecule has 2 N–H and O–H groups in total. The van der Waals surface area contributed by atoms with Crippen molar-refractivity contribution >= 4 is 40.8 Å². The number of nitrogens with one attached hydrogen (secondary N) is 2. The van der Waals surface area contributed by atoms with E-state index in [2.05, 4.69) is 10.6 Å². The predicted octanol–water partition coefficient (Wildman–Crippen LogP) is 1.67. The van der Waals surface area contributed by atoms with Gasteiger partial charge < -0.3 is 10.1 Å². The van der Waals surface area contributed by atoms with Gasteiger partial charge in [0.2, 0.25) is 18.2 Å². The van der Waals surface area contributed by atoms with Gasteiger partial charge >= 0.3 is 0 Å². The quantitative estimate of drug-likeness (QED) is 0.322. The molecule has 5 amide bonds. The second-order valence-electron chi connectivity index (χ2n) is 8.14. The number of rotatable bonds is 10. The number of carbonyl (C=O) groups excluding carboxylic acids is 5. The van der Waals surface area contributed by atoms with E-state index in [9.17, 15) is 24.0 Å². The number of hydrogen-bond acceptors (Lipinski definition) is 6. The number of benzene rings is 2. The van der Waals surface area contributed by atoms with Crippen molar-refractivity contribution in [3.8, 4) is 0 Å². The number of unbranched alkanes of at least 4 members (excludes halogenated alkanes) is 2. The third-order valence-electron chi connectivity index (χ3n) is 5.99. The summed E-state index contributed by atoms with van der Waals surface area (Å²) < 4.78 is 5.80. The standard InChI is InChI=1S/C24H25N3O6/c28-14-25-11-2-1-3-12-33-13-16-8-7-15-5-4-6-17-20(15)21(16)24(32)27(23(17)31)18-9-10-19(29)26-22(18)30/h4-8,14,18H,1-3,9-13H2,(H,25,28)(H,26,29,30). The second-order valence-corrected chi connectivity index (χ2v) is 8.14. The predicted molar refractivity (Wildman–Crippen MR) is 118 cm³/mol. The maximum absolute atomic E-state index is 13.5. The van der Waals surface area contributed by atoms with Crippen LogP contribution in [0.1, 0.15) is 58.4 Å². The average molecular weight is 451 g/mol. The molecule has 2 aliphatic rings. The van der Waals surface area contributed by atoms with Crippen molar-refractivity contribution in [2.24, 2.45) is 0 Å². The maximum atomic E-state index is 13.5. The molecular weight excluding hydrogens is 426 g/mol. The number of amides is 5.